The van der Waals surface area contributed by atoms with Crippen molar-refractivity contribution in [2.45, 2.75) is 76.5 Å². The van der Waals surface area contributed by atoms with E-state index in [0.29, 0.717) is 7.11 Å². The van der Waals surface area contributed by atoms with E-state index in [1.165, 1.54) is 0 Å². The molecule has 0 radical (unpaired) electrons. The lowest BCUT2D eigenvalue weighted by Crippen LogP contribution is -2.67. The fraction of sp³-hybridized carbons (Fsp3) is 0.700. The highest BCUT2D eigenvalue weighted by Crippen LogP contribution is 2.33. The summed E-state index contributed by atoms with van der Waals surface area (Å²) >= 11 is 0. The van der Waals surface area contributed by atoms with Gasteiger partial charge in [0.05, 0.1) is 13.5 Å². The summed E-state index contributed by atoms with van der Waals surface area (Å²) in [6.07, 6.45) is -15.5. The van der Waals surface area contributed by atoms with E-state index in [-0.39, 0.29) is 0 Å². The Bertz CT molecular complexity index is 911. The molecule has 1 rings (SSSR count). The standard InChI is InChI=1S/C20H27F3N2O12/c1-8(26)33-7-12-14(34-9(2)27)15(35-10(3)28)16(36-11(4)29)17(37-12)25-13(30)6-19(24,18(31)32-5)20(21,22)23/h12,14-17H,6-7,24H2,1-5H3,(H,25,30)/t12-,14-,15+,16-,17-,19+/m1/s1. The Hall–Kier alpha value is -3.47. The zero-order valence-corrected chi connectivity index (χ0v) is 20.4. The van der Waals surface area contributed by atoms with Crippen LogP contribution < -0.4 is 11.1 Å². The second-order valence-electron chi connectivity index (χ2n) is 7.82. The molecule has 1 aliphatic heterocycles. The minimum Gasteiger partial charge on any atom is -0.467 e. The molecule has 6 atom stereocenters. The molecule has 17 heteroatoms. The number of alkyl halides is 3. The molecule has 1 saturated heterocycles. The number of ether oxygens (including phenoxy) is 6. The van der Waals surface area contributed by atoms with Crippen molar-refractivity contribution in [1.29, 1.82) is 0 Å². The van der Waals surface area contributed by atoms with Crippen molar-refractivity contribution in [3.05, 3.63) is 0 Å². The number of carbonyl (C=O) groups excluding carboxylic acids is 6. The van der Waals surface area contributed by atoms with E-state index < -0.39 is 91.1 Å². The summed E-state index contributed by atoms with van der Waals surface area (Å²) in [4.78, 5) is 70.9. The summed E-state index contributed by atoms with van der Waals surface area (Å²) in [5, 5.41) is 1.98. The van der Waals surface area contributed by atoms with Crippen molar-refractivity contribution >= 4 is 35.8 Å². The van der Waals surface area contributed by atoms with Gasteiger partial charge in [0.15, 0.2) is 24.5 Å². The summed E-state index contributed by atoms with van der Waals surface area (Å²) in [6, 6.07) is 0. The van der Waals surface area contributed by atoms with Crippen LogP contribution in [0.3, 0.4) is 0 Å². The van der Waals surface area contributed by atoms with E-state index in [2.05, 4.69) is 4.74 Å². The smallest absolute Gasteiger partial charge is 0.417 e. The summed E-state index contributed by atoms with van der Waals surface area (Å²) in [6.45, 7) is 3.23. The zero-order chi connectivity index (χ0) is 28.7. The molecule has 3 N–H and O–H groups in total. The van der Waals surface area contributed by atoms with Crippen LogP contribution in [-0.2, 0) is 57.2 Å². The molecule has 1 amide bonds. The maximum atomic E-state index is 13.5. The van der Waals surface area contributed by atoms with E-state index in [1.54, 1.807) is 0 Å². The third kappa shape index (κ3) is 8.56. The van der Waals surface area contributed by atoms with E-state index in [1.807, 2.05) is 5.32 Å². The number of amides is 1. The predicted molar refractivity (Wildman–Crippen MR) is 110 cm³/mol. The highest BCUT2D eigenvalue weighted by molar-refractivity contribution is 5.89. The molecule has 210 valence electrons. The second-order valence-corrected chi connectivity index (χ2v) is 7.82. The molecule has 0 unspecified atom stereocenters. The van der Waals surface area contributed by atoms with Crippen LogP contribution in [0.15, 0.2) is 0 Å². The Kier molecular flexibility index (Phi) is 10.8. The molecule has 0 aromatic rings. The van der Waals surface area contributed by atoms with Gasteiger partial charge < -0.3 is 39.5 Å². The highest BCUT2D eigenvalue weighted by Gasteiger charge is 2.60. The molecule has 1 aliphatic rings. The van der Waals surface area contributed by atoms with Crippen LogP contribution in [0.2, 0.25) is 0 Å². The van der Waals surface area contributed by atoms with Crippen molar-refractivity contribution in [2.24, 2.45) is 5.73 Å². The molecule has 1 fully saturated rings. The monoisotopic (exact) mass is 544 g/mol. The first kappa shape index (κ1) is 31.6. The van der Waals surface area contributed by atoms with Gasteiger partial charge in [-0.15, -0.1) is 0 Å². The fourth-order valence-corrected chi connectivity index (χ4v) is 3.28. The average Bonchev–Trinajstić information content (AvgIpc) is 2.73. The molecule has 14 nitrogen and oxygen atoms in total. The number of methoxy groups -OCH3 is 1. The maximum absolute atomic E-state index is 13.5. The third-order valence-corrected chi connectivity index (χ3v) is 4.79. The van der Waals surface area contributed by atoms with Crippen LogP contribution in [0.25, 0.3) is 0 Å². The molecule has 0 aromatic heterocycles. The van der Waals surface area contributed by atoms with Gasteiger partial charge in [0.2, 0.25) is 11.4 Å². The fourth-order valence-electron chi connectivity index (χ4n) is 3.28. The number of halogens is 3. The first-order valence-electron chi connectivity index (χ1n) is 10.5. The number of carbonyl (C=O) groups is 6. The van der Waals surface area contributed by atoms with E-state index in [4.69, 9.17) is 29.4 Å². The van der Waals surface area contributed by atoms with Crippen molar-refractivity contribution in [2.75, 3.05) is 13.7 Å². The molecule has 0 aliphatic carbocycles. The van der Waals surface area contributed by atoms with Crippen molar-refractivity contribution in [3.63, 3.8) is 0 Å². The van der Waals surface area contributed by atoms with Crippen molar-refractivity contribution in [1.82, 2.24) is 5.32 Å². The van der Waals surface area contributed by atoms with E-state index in [0.717, 1.165) is 27.7 Å². The van der Waals surface area contributed by atoms with Crippen LogP contribution in [0.1, 0.15) is 34.1 Å². The van der Waals surface area contributed by atoms with Gasteiger partial charge in [-0.3, -0.25) is 24.0 Å². The minimum atomic E-state index is -5.42. The predicted octanol–water partition coefficient (Wildman–Crippen LogP) is -0.991. The summed E-state index contributed by atoms with van der Waals surface area (Å²) < 4.78 is 70.2. The number of hydrogen-bond acceptors (Lipinski definition) is 13. The normalized spacial score (nSPS) is 25.1. The van der Waals surface area contributed by atoms with Gasteiger partial charge in [0, 0.05) is 27.7 Å². The van der Waals surface area contributed by atoms with Crippen LogP contribution >= 0.6 is 0 Å². The number of esters is 5. The molecule has 0 spiro atoms. The first-order chi connectivity index (χ1) is 16.9. The SMILES string of the molecule is COC(=O)[C@@](N)(CC(=O)N[C@@H]1O[C@H](COC(C)=O)[C@@H](OC(C)=O)[C@H](OC(C)=O)[C@H]1OC(C)=O)C(F)(F)F. The maximum Gasteiger partial charge on any atom is 0.417 e. The van der Waals surface area contributed by atoms with Crippen molar-refractivity contribution in [3.8, 4) is 0 Å². The van der Waals surface area contributed by atoms with Gasteiger partial charge in [-0.25, -0.2) is 4.79 Å². The van der Waals surface area contributed by atoms with Gasteiger partial charge in [-0.2, -0.15) is 13.2 Å². The van der Waals surface area contributed by atoms with Crippen LogP contribution in [0.5, 0.6) is 0 Å². The number of rotatable bonds is 9. The Morgan fingerprint density at radius 3 is 1.76 bits per heavy atom. The quantitative estimate of drug-likeness (QED) is 0.265. The van der Waals surface area contributed by atoms with Gasteiger partial charge in [0.25, 0.3) is 0 Å². The summed E-state index contributed by atoms with van der Waals surface area (Å²) in [5.41, 5.74) is 1.40. The van der Waals surface area contributed by atoms with E-state index >= 15 is 0 Å². The Balaban J connectivity index is 3.44. The summed E-state index contributed by atoms with van der Waals surface area (Å²) in [7, 11) is 0.632. The Labute approximate surface area is 208 Å². The van der Waals surface area contributed by atoms with Crippen LogP contribution in [-0.4, -0.2) is 91.8 Å². The first-order valence-corrected chi connectivity index (χ1v) is 10.5. The van der Waals surface area contributed by atoms with Gasteiger partial charge >= 0.3 is 36.0 Å². The van der Waals surface area contributed by atoms with Crippen molar-refractivity contribution < 1.29 is 70.4 Å². The Morgan fingerprint density at radius 1 is 0.838 bits per heavy atom. The van der Waals surface area contributed by atoms with E-state index in [9.17, 15) is 41.9 Å². The summed E-state index contributed by atoms with van der Waals surface area (Å²) in [5.74, 6) is -7.20. The Morgan fingerprint density at radius 2 is 1.32 bits per heavy atom. The molecular weight excluding hydrogens is 517 g/mol. The third-order valence-electron chi connectivity index (χ3n) is 4.79. The van der Waals surface area contributed by atoms with Crippen LogP contribution in [0.4, 0.5) is 13.2 Å². The topological polar surface area (TPSA) is 196 Å². The molecule has 1 heterocycles. The number of hydrogen-bond donors (Lipinski definition) is 2. The number of nitrogens with one attached hydrogen (secondary N) is 1. The molecule has 0 bridgehead atoms. The number of nitrogens with two attached hydrogens (primary N) is 1. The lowest BCUT2D eigenvalue weighted by molar-refractivity contribution is -0.257. The van der Waals surface area contributed by atoms with Crippen LogP contribution in [0, 0.1) is 0 Å². The molecule has 0 aromatic carbocycles. The van der Waals surface area contributed by atoms with Gasteiger partial charge in [0.1, 0.15) is 12.7 Å². The van der Waals surface area contributed by atoms with Gasteiger partial charge in [-0.05, 0) is 0 Å². The zero-order valence-electron chi connectivity index (χ0n) is 20.4. The second kappa shape index (κ2) is 12.7. The molecule has 0 saturated carbocycles. The largest absolute Gasteiger partial charge is 0.467 e. The lowest BCUT2D eigenvalue weighted by Gasteiger charge is -2.44. The lowest BCUT2D eigenvalue weighted by atomic mass is 9.94. The molecule has 37 heavy (non-hydrogen) atoms. The average molecular weight is 544 g/mol. The highest BCUT2D eigenvalue weighted by atomic mass is 19.4. The minimum absolute atomic E-state index is 0.632. The van der Waals surface area contributed by atoms with Gasteiger partial charge in [-0.1, -0.05) is 0 Å². The molecular formula is C20H27F3N2O12.